The summed E-state index contributed by atoms with van der Waals surface area (Å²) in [5.74, 6) is 1.62. The predicted molar refractivity (Wildman–Crippen MR) is 76.4 cm³/mol. The fourth-order valence-electron chi connectivity index (χ4n) is 2.39. The lowest BCUT2D eigenvalue weighted by Gasteiger charge is -2.30. The second kappa shape index (κ2) is 5.41. The van der Waals surface area contributed by atoms with Crippen molar-refractivity contribution in [2.45, 2.75) is 25.4 Å². The molecule has 0 atom stereocenters. The molecule has 3 nitrogen and oxygen atoms in total. The molecule has 1 aromatic rings. The summed E-state index contributed by atoms with van der Waals surface area (Å²) in [5.41, 5.74) is 2.69. The van der Waals surface area contributed by atoms with Gasteiger partial charge in [-0.15, -0.1) is 0 Å². The van der Waals surface area contributed by atoms with Crippen LogP contribution >= 0.6 is 0 Å². The van der Waals surface area contributed by atoms with Gasteiger partial charge in [-0.25, -0.2) is 0 Å². The monoisotopic (exact) mass is 264 g/mol. The Balaban J connectivity index is 1.70. The van der Waals surface area contributed by atoms with E-state index >= 15 is 0 Å². The molecule has 0 amide bonds. The van der Waals surface area contributed by atoms with Crippen LogP contribution in [0.5, 0.6) is 0 Å². The van der Waals surface area contributed by atoms with E-state index in [1.54, 1.807) is 0 Å². The first-order valence-corrected chi connectivity index (χ1v) is 8.23. The molecule has 0 bridgehead atoms. The number of rotatable bonds is 4. The van der Waals surface area contributed by atoms with E-state index < -0.39 is 10.8 Å². The van der Waals surface area contributed by atoms with E-state index in [1.165, 1.54) is 24.1 Å². The van der Waals surface area contributed by atoms with E-state index in [-0.39, 0.29) is 0 Å². The van der Waals surface area contributed by atoms with Crippen molar-refractivity contribution in [1.29, 1.82) is 0 Å². The molecule has 2 fully saturated rings. The van der Waals surface area contributed by atoms with Crippen LogP contribution in [0.25, 0.3) is 0 Å². The summed E-state index contributed by atoms with van der Waals surface area (Å²) in [6.45, 7) is 2.81. The number of hydrogen-bond donors (Lipinski definition) is 1. The number of anilines is 1. The van der Waals surface area contributed by atoms with Gasteiger partial charge in [0.1, 0.15) is 0 Å². The Hall–Kier alpha value is -0.870. The minimum absolute atomic E-state index is 0.600. The molecule has 1 aliphatic heterocycles. The second-order valence-electron chi connectivity index (χ2n) is 5.12. The number of nitrogens with zero attached hydrogens (tertiary/aromatic N) is 1. The minimum Gasteiger partial charge on any atom is -0.369 e. The van der Waals surface area contributed by atoms with Crippen LogP contribution < -0.4 is 10.2 Å². The highest BCUT2D eigenvalue weighted by Crippen LogP contribution is 2.24. The van der Waals surface area contributed by atoms with Gasteiger partial charge in [-0.05, 0) is 24.5 Å². The third-order valence-corrected chi connectivity index (χ3v) is 4.94. The quantitative estimate of drug-likeness (QED) is 0.894. The molecule has 1 N–H and O–H groups in total. The molecular weight excluding hydrogens is 244 g/mol. The normalized spacial score (nSPS) is 21.2. The maximum atomic E-state index is 11.4. The minimum atomic E-state index is -0.600. The molecule has 0 spiro atoms. The molecule has 98 valence electrons. The Morgan fingerprint density at radius 2 is 1.94 bits per heavy atom. The van der Waals surface area contributed by atoms with Crippen molar-refractivity contribution < 1.29 is 4.21 Å². The molecule has 1 heterocycles. The van der Waals surface area contributed by atoms with Gasteiger partial charge in [-0.2, -0.15) is 0 Å². The lowest BCUT2D eigenvalue weighted by Crippen LogP contribution is -2.38. The summed E-state index contributed by atoms with van der Waals surface area (Å²) >= 11 is 0. The van der Waals surface area contributed by atoms with E-state index in [2.05, 4.69) is 34.5 Å². The fourth-order valence-corrected chi connectivity index (χ4v) is 3.44. The van der Waals surface area contributed by atoms with Gasteiger partial charge < -0.3 is 10.2 Å². The van der Waals surface area contributed by atoms with Gasteiger partial charge in [0.15, 0.2) is 0 Å². The van der Waals surface area contributed by atoms with Crippen LogP contribution in [-0.4, -0.2) is 34.8 Å². The van der Waals surface area contributed by atoms with Gasteiger partial charge >= 0.3 is 0 Å². The summed E-state index contributed by atoms with van der Waals surface area (Å²) in [5, 5.41) is 3.57. The maximum absolute atomic E-state index is 11.4. The molecule has 1 aromatic carbocycles. The van der Waals surface area contributed by atoms with Crippen LogP contribution in [-0.2, 0) is 17.3 Å². The fraction of sp³-hybridized carbons (Fsp3) is 0.571. The van der Waals surface area contributed by atoms with Gasteiger partial charge in [0.2, 0.25) is 0 Å². The molecule has 0 aromatic heterocycles. The third kappa shape index (κ3) is 2.93. The molecule has 4 heteroatoms. The van der Waals surface area contributed by atoms with Crippen molar-refractivity contribution >= 4 is 16.5 Å². The topological polar surface area (TPSA) is 32.3 Å². The van der Waals surface area contributed by atoms with Gasteiger partial charge in [0.05, 0.1) is 0 Å². The molecule has 1 saturated carbocycles. The average molecular weight is 264 g/mol. The van der Waals surface area contributed by atoms with Crippen LogP contribution in [0.3, 0.4) is 0 Å². The number of benzene rings is 1. The zero-order valence-corrected chi connectivity index (χ0v) is 11.4. The van der Waals surface area contributed by atoms with Crippen molar-refractivity contribution in [3.8, 4) is 0 Å². The molecule has 1 aliphatic carbocycles. The Kier molecular flexibility index (Phi) is 3.66. The lowest BCUT2D eigenvalue weighted by atomic mass is 10.1. The smallest absolute Gasteiger partial charge is 0.0412 e. The van der Waals surface area contributed by atoms with Gasteiger partial charge in [-0.1, -0.05) is 18.2 Å². The van der Waals surface area contributed by atoms with Gasteiger partial charge in [-0.3, -0.25) is 4.21 Å². The van der Waals surface area contributed by atoms with E-state index in [0.717, 1.165) is 37.2 Å². The van der Waals surface area contributed by atoms with Crippen LogP contribution in [0, 0.1) is 0 Å². The Morgan fingerprint density at radius 3 is 2.67 bits per heavy atom. The second-order valence-corrected chi connectivity index (χ2v) is 6.82. The molecule has 1 saturated heterocycles. The van der Waals surface area contributed by atoms with E-state index in [0.29, 0.717) is 0 Å². The first kappa shape index (κ1) is 12.2. The van der Waals surface area contributed by atoms with Crippen molar-refractivity contribution in [2.24, 2.45) is 0 Å². The highest BCUT2D eigenvalue weighted by atomic mass is 32.2. The molecule has 0 unspecified atom stereocenters. The molecule has 18 heavy (non-hydrogen) atoms. The van der Waals surface area contributed by atoms with Crippen LogP contribution in [0.15, 0.2) is 24.3 Å². The summed E-state index contributed by atoms with van der Waals surface area (Å²) < 4.78 is 11.4. The van der Waals surface area contributed by atoms with E-state index in [1.807, 2.05) is 0 Å². The van der Waals surface area contributed by atoms with Crippen LogP contribution in [0.4, 0.5) is 5.69 Å². The van der Waals surface area contributed by atoms with Crippen molar-refractivity contribution in [3.05, 3.63) is 29.8 Å². The van der Waals surface area contributed by atoms with E-state index in [9.17, 15) is 4.21 Å². The number of para-hydroxylation sites is 1. The molecule has 2 aliphatic rings. The highest BCUT2D eigenvalue weighted by molar-refractivity contribution is 7.85. The Bertz CT molecular complexity index is 435. The summed E-state index contributed by atoms with van der Waals surface area (Å²) in [7, 11) is -0.600. The first-order chi connectivity index (χ1) is 8.83. The van der Waals surface area contributed by atoms with Crippen molar-refractivity contribution in [1.82, 2.24) is 5.32 Å². The van der Waals surface area contributed by atoms with Crippen LogP contribution in [0.2, 0.25) is 0 Å². The Labute approximate surface area is 111 Å². The highest BCUT2D eigenvalue weighted by Gasteiger charge is 2.22. The van der Waals surface area contributed by atoms with Gasteiger partial charge in [0, 0.05) is 53.7 Å². The molecule has 3 rings (SSSR count). The average Bonchev–Trinajstić information content (AvgIpc) is 3.22. The van der Waals surface area contributed by atoms with E-state index in [4.69, 9.17) is 0 Å². The number of nitrogens with one attached hydrogen (secondary N) is 1. The van der Waals surface area contributed by atoms with Crippen LogP contribution in [0.1, 0.15) is 18.4 Å². The lowest BCUT2D eigenvalue weighted by molar-refractivity contribution is 0.669. The maximum Gasteiger partial charge on any atom is 0.0412 e. The number of hydrogen-bond acceptors (Lipinski definition) is 3. The summed E-state index contributed by atoms with van der Waals surface area (Å²) in [6, 6.07) is 9.35. The van der Waals surface area contributed by atoms with Gasteiger partial charge in [0.25, 0.3) is 0 Å². The SMILES string of the molecule is O=S1CCN(c2ccccc2CNC2CC2)CC1. The zero-order valence-electron chi connectivity index (χ0n) is 10.6. The standard InChI is InChI=1S/C14H20N2OS/c17-18-9-7-16(8-10-18)14-4-2-1-3-12(14)11-15-13-5-6-13/h1-4,13,15H,5-11H2. The molecule has 0 radical (unpaired) electrons. The summed E-state index contributed by atoms with van der Waals surface area (Å²) in [6.07, 6.45) is 2.65. The zero-order chi connectivity index (χ0) is 12.4. The Morgan fingerprint density at radius 1 is 1.22 bits per heavy atom. The largest absolute Gasteiger partial charge is 0.369 e. The van der Waals surface area contributed by atoms with Crippen molar-refractivity contribution in [3.63, 3.8) is 0 Å². The first-order valence-electron chi connectivity index (χ1n) is 6.74. The molecular formula is C14H20N2OS. The summed E-state index contributed by atoms with van der Waals surface area (Å²) in [4.78, 5) is 2.38. The third-order valence-electron chi connectivity index (χ3n) is 3.67. The predicted octanol–water partition coefficient (Wildman–Crippen LogP) is 1.51. The van der Waals surface area contributed by atoms with Crippen molar-refractivity contribution in [2.75, 3.05) is 29.5 Å².